The van der Waals surface area contributed by atoms with Crippen LogP contribution in [0.4, 0.5) is 0 Å². The zero-order valence-electron chi connectivity index (χ0n) is 14.9. The normalized spacial score (nSPS) is 36.6. The highest BCUT2D eigenvalue weighted by molar-refractivity contribution is 5.85. The van der Waals surface area contributed by atoms with Crippen molar-refractivity contribution in [3.8, 4) is 0 Å². The molecule has 0 radical (unpaired) electrons. The Bertz CT molecular complexity index is 569. The molecule has 3 nitrogen and oxygen atoms in total. The summed E-state index contributed by atoms with van der Waals surface area (Å²) in [6, 6.07) is 0. The van der Waals surface area contributed by atoms with Gasteiger partial charge in [0.1, 0.15) is 0 Å². The predicted molar refractivity (Wildman–Crippen MR) is 90.6 cm³/mol. The monoisotopic (exact) mass is 318 g/mol. The Morgan fingerprint density at radius 1 is 1.26 bits per heavy atom. The van der Waals surface area contributed by atoms with Gasteiger partial charge in [-0.05, 0) is 61.7 Å². The molecular formula is C20H30O3. The van der Waals surface area contributed by atoms with Crippen LogP contribution in [0.1, 0.15) is 72.6 Å². The van der Waals surface area contributed by atoms with Crippen molar-refractivity contribution in [2.75, 3.05) is 0 Å². The van der Waals surface area contributed by atoms with Gasteiger partial charge in [-0.15, -0.1) is 0 Å². The maximum atomic E-state index is 11.3. The summed E-state index contributed by atoms with van der Waals surface area (Å²) in [7, 11) is 0. The van der Waals surface area contributed by atoms with E-state index in [-0.39, 0.29) is 5.41 Å². The molecule has 0 fully saturated rings. The molecule has 0 aromatic rings. The molecule has 128 valence electrons. The molecule has 0 bridgehead atoms. The van der Waals surface area contributed by atoms with Gasteiger partial charge in [0.25, 0.3) is 0 Å². The second-order valence-corrected chi connectivity index (χ2v) is 8.56. The highest BCUT2D eigenvalue weighted by Crippen LogP contribution is 2.56. The first-order valence-corrected chi connectivity index (χ1v) is 9.06. The average molecular weight is 318 g/mol. The largest absolute Gasteiger partial charge is 0.429 e. The van der Waals surface area contributed by atoms with Gasteiger partial charge in [0.15, 0.2) is 0 Å². The van der Waals surface area contributed by atoms with Crippen LogP contribution in [0.15, 0.2) is 22.8 Å². The standard InChI is InChI=1S/C20H30O3/c1-13-7-8-15-16(6-5-10-19(15,2)3)20(13,4)11-9-14-12-17(21)23-18(14)22/h12-13,18,22H,5-11H2,1-4H3/t13-,18+,20+/m1/s1. The van der Waals surface area contributed by atoms with E-state index < -0.39 is 12.3 Å². The summed E-state index contributed by atoms with van der Waals surface area (Å²) in [5.41, 5.74) is 4.62. The van der Waals surface area contributed by atoms with Crippen molar-refractivity contribution in [1.82, 2.24) is 0 Å². The first-order valence-electron chi connectivity index (χ1n) is 9.06. The van der Waals surface area contributed by atoms with Crippen LogP contribution >= 0.6 is 0 Å². The molecule has 2 aliphatic carbocycles. The molecule has 0 aromatic heterocycles. The van der Waals surface area contributed by atoms with Gasteiger partial charge in [0, 0.05) is 11.6 Å². The number of esters is 1. The highest BCUT2D eigenvalue weighted by atomic mass is 16.6. The Kier molecular flexibility index (Phi) is 4.20. The van der Waals surface area contributed by atoms with Gasteiger partial charge in [-0.3, -0.25) is 0 Å². The van der Waals surface area contributed by atoms with Crippen LogP contribution in [-0.2, 0) is 9.53 Å². The van der Waals surface area contributed by atoms with Crippen LogP contribution in [0, 0.1) is 16.7 Å². The molecule has 1 aliphatic heterocycles. The van der Waals surface area contributed by atoms with E-state index in [1.807, 2.05) is 0 Å². The smallest absolute Gasteiger partial charge is 0.333 e. The minimum Gasteiger partial charge on any atom is -0.429 e. The molecule has 0 amide bonds. The summed E-state index contributed by atoms with van der Waals surface area (Å²) >= 11 is 0. The Labute approximate surface area is 139 Å². The summed E-state index contributed by atoms with van der Waals surface area (Å²) in [6.07, 6.45) is 8.46. The molecular weight excluding hydrogens is 288 g/mol. The van der Waals surface area contributed by atoms with E-state index in [1.165, 1.54) is 38.2 Å². The van der Waals surface area contributed by atoms with Crippen LogP contribution in [0.5, 0.6) is 0 Å². The molecule has 3 heteroatoms. The molecule has 1 heterocycles. The van der Waals surface area contributed by atoms with Gasteiger partial charge in [-0.1, -0.05) is 38.8 Å². The van der Waals surface area contributed by atoms with Crippen molar-refractivity contribution < 1.29 is 14.6 Å². The number of carbonyl (C=O) groups excluding carboxylic acids is 1. The summed E-state index contributed by atoms with van der Waals surface area (Å²) in [5, 5.41) is 9.83. The molecule has 3 aliphatic rings. The van der Waals surface area contributed by atoms with Gasteiger partial charge in [-0.2, -0.15) is 0 Å². The van der Waals surface area contributed by atoms with E-state index in [0.717, 1.165) is 18.4 Å². The van der Waals surface area contributed by atoms with Crippen molar-refractivity contribution in [1.29, 1.82) is 0 Å². The molecule has 1 N–H and O–H groups in total. The number of ether oxygens (including phenoxy) is 1. The van der Waals surface area contributed by atoms with E-state index >= 15 is 0 Å². The van der Waals surface area contributed by atoms with E-state index in [1.54, 1.807) is 11.1 Å². The lowest BCUT2D eigenvalue weighted by Gasteiger charge is -2.50. The van der Waals surface area contributed by atoms with E-state index in [9.17, 15) is 9.90 Å². The number of aliphatic hydroxyl groups excluding tert-OH is 1. The number of rotatable bonds is 3. The fraction of sp³-hybridized carbons (Fsp3) is 0.750. The number of allylic oxidation sites excluding steroid dienone is 2. The van der Waals surface area contributed by atoms with E-state index in [4.69, 9.17) is 4.74 Å². The average Bonchev–Trinajstić information content (AvgIpc) is 2.79. The fourth-order valence-corrected chi connectivity index (χ4v) is 4.95. The third-order valence-corrected chi connectivity index (χ3v) is 6.80. The number of cyclic esters (lactones) is 1. The van der Waals surface area contributed by atoms with E-state index in [0.29, 0.717) is 11.3 Å². The quantitative estimate of drug-likeness (QED) is 0.615. The zero-order chi connectivity index (χ0) is 16.8. The Balaban J connectivity index is 1.86. The second kappa shape index (κ2) is 5.77. The van der Waals surface area contributed by atoms with Gasteiger partial charge in [-0.25, -0.2) is 4.79 Å². The fourth-order valence-electron chi connectivity index (χ4n) is 4.95. The molecule has 0 aromatic carbocycles. The maximum absolute atomic E-state index is 11.3. The Hall–Kier alpha value is -1.09. The topological polar surface area (TPSA) is 46.5 Å². The summed E-state index contributed by atoms with van der Waals surface area (Å²) in [4.78, 5) is 11.3. The molecule has 0 saturated heterocycles. The predicted octanol–water partition coefficient (Wildman–Crippen LogP) is 4.51. The lowest BCUT2D eigenvalue weighted by Crippen LogP contribution is -2.37. The molecule has 0 unspecified atom stereocenters. The first kappa shape index (κ1) is 16.8. The van der Waals surface area contributed by atoms with Crippen LogP contribution in [0.25, 0.3) is 0 Å². The second-order valence-electron chi connectivity index (χ2n) is 8.56. The zero-order valence-corrected chi connectivity index (χ0v) is 14.9. The van der Waals surface area contributed by atoms with Gasteiger partial charge >= 0.3 is 5.97 Å². The summed E-state index contributed by atoms with van der Waals surface area (Å²) < 4.78 is 4.83. The van der Waals surface area contributed by atoms with Gasteiger partial charge in [0.2, 0.25) is 6.29 Å². The number of carbonyl (C=O) groups is 1. The van der Waals surface area contributed by atoms with Crippen molar-refractivity contribution in [2.45, 2.75) is 78.9 Å². The first-order chi connectivity index (χ1) is 10.7. The van der Waals surface area contributed by atoms with Crippen LogP contribution < -0.4 is 0 Å². The SMILES string of the molecule is C[C@@H]1CCC2=C(CCCC2(C)C)[C@@]1(C)CCC1=CC(=O)O[C@@H]1O. The minimum atomic E-state index is -1.03. The molecule has 23 heavy (non-hydrogen) atoms. The van der Waals surface area contributed by atoms with E-state index in [2.05, 4.69) is 27.7 Å². The third-order valence-electron chi connectivity index (χ3n) is 6.80. The van der Waals surface area contributed by atoms with Gasteiger partial charge < -0.3 is 9.84 Å². The molecule has 0 spiro atoms. The summed E-state index contributed by atoms with van der Waals surface area (Å²) in [5.74, 6) is 0.235. The number of aliphatic hydroxyl groups is 1. The van der Waals surface area contributed by atoms with Crippen molar-refractivity contribution in [2.24, 2.45) is 16.7 Å². The van der Waals surface area contributed by atoms with Crippen LogP contribution in [-0.4, -0.2) is 17.4 Å². The lowest BCUT2D eigenvalue weighted by molar-refractivity contribution is -0.151. The van der Waals surface area contributed by atoms with Gasteiger partial charge in [0.05, 0.1) is 0 Å². The maximum Gasteiger partial charge on any atom is 0.333 e. The Morgan fingerprint density at radius 3 is 2.65 bits per heavy atom. The molecule has 3 atom stereocenters. The number of hydrogen-bond acceptors (Lipinski definition) is 3. The Morgan fingerprint density at radius 2 is 2.00 bits per heavy atom. The summed E-state index contributed by atoms with van der Waals surface area (Å²) in [6.45, 7) is 9.56. The number of hydrogen-bond donors (Lipinski definition) is 1. The highest BCUT2D eigenvalue weighted by Gasteiger charge is 2.44. The van der Waals surface area contributed by atoms with Crippen molar-refractivity contribution in [3.63, 3.8) is 0 Å². The van der Waals surface area contributed by atoms with Crippen LogP contribution in [0.3, 0.4) is 0 Å². The third kappa shape index (κ3) is 2.88. The molecule has 3 rings (SSSR count). The lowest BCUT2D eigenvalue weighted by atomic mass is 9.55. The minimum absolute atomic E-state index is 0.178. The molecule has 0 saturated carbocycles. The van der Waals surface area contributed by atoms with Crippen LogP contribution in [0.2, 0.25) is 0 Å². The van der Waals surface area contributed by atoms with Crippen molar-refractivity contribution in [3.05, 3.63) is 22.8 Å². The van der Waals surface area contributed by atoms with Crippen molar-refractivity contribution >= 4 is 5.97 Å².